The average Bonchev–Trinajstić information content (AvgIpc) is 2.48. The van der Waals surface area contributed by atoms with Gasteiger partial charge in [0.1, 0.15) is 0 Å². The molecule has 0 aromatic heterocycles. The maximum absolute atomic E-state index is 11.3. The third-order valence-corrected chi connectivity index (χ3v) is 2.98. The van der Waals surface area contributed by atoms with Crippen LogP contribution in [0.2, 0.25) is 0 Å². The van der Waals surface area contributed by atoms with Crippen LogP contribution in [0.1, 0.15) is 51.4 Å². The first-order valence-electron chi connectivity index (χ1n) is 6.08. The summed E-state index contributed by atoms with van der Waals surface area (Å²) >= 11 is 0. The lowest BCUT2D eigenvalue weighted by molar-refractivity contribution is -0.140. The lowest BCUT2D eigenvalue weighted by atomic mass is 10.0. The Balaban J connectivity index is 2.11. The molecule has 1 aliphatic rings. The molecule has 16 heavy (non-hydrogen) atoms. The maximum Gasteiger partial charge on any atom is 0.305 e. The molecule has 4 nitrogen and oxygen atoms in total. The van der Waals surface area contributed by atoms with E-state index < -0.39 is 0 Å². The van der Waals surface area contributed by atoms with Crippen molar-refractivity contribution in [1.82, 2.24) is 5.32 Å². The molecular weight excluding hydrogens is 206 g/mol. The number of nitrogens with one attached hydrogen (secondary N) is 1. The Hall–Kier alpha value is -1.06. The van der Waals surface area contributed by atoms with Gasteiger partial charge < -0.3 is 10.1 Å². The van der Waals surface area contributed by atoms with E-state index >= 15 is 0 Å². The molecule has 1 N–H and O–H groups in total. The minimum absolute atomic E-state index is 0.148. The van der Waals surface area contributed by atoms with Gasteiger partial charge in [-0.05, 0) is 25.7 Å². The first-order chi connectivity index (χ1) is 7.72. The van der Waals surface area contributed by atoms with Gasteiger partial charge in [-0.1, -0.05) is 12.8 Å². The number of carbonyl (C=O) groups excluding carboxylic acids is 2. The molecule has 0 aromatic carbocycles. The number of ether oxygens (including phenoxy) is 1. The van der Waals surface area contributed by atoms with Crippen LogP contribution in [0.5, 0.6) is 0 Å². The van der Waals surface area contributed by atoms with Crippen LogP contribution in [0.3, 0.4) is 0 Å². The number of unbranched alkanes of at least 4 members (excludes halogenated alkanes) is 1. The molecule has 0 saturated carbocycles. The smallest absolute Gasteiger partial charge is 0.305 e. The third-order valence-electron chi connectivity index (χ3n) is 2.98. The van der Waals surface area contributed by atoms with Gasteiger partial charge in [-0.3, -0.25) is 9.59 Å². The highest BCUT2D eigenvalue weighted by Crippen LogP contribution is 2.14. The van der Waals surface area contributed by atoms with Crippen molar-refractivity contribution in [1.29, 1.82) is 0 Å². The SMILES string of the molecule is COC(=O)CCCCC1CCCCC(=O)N1. The summed E-state index contributed by atoms with van der Waals surface area (Å²) < 4.78 is 4.57. The monoisotopic (exact) mass is 227 g/mol. The quantitative estimate of drug-likeness (QED) is 0.575. The van der Waals surface area contributed by atoms with Crippen LogP contribution >= 0.6 is 0 Å². The summed E-state index contributed by atoms with van der Waals surface area (Å²) in [6, 6.07) is 0.313. The zero-order chi connectivity index (χ0) is 11.8. The molecule has 1 atom stereocenters. The zero-order valence-electron chi connectivity index (χ0n) is 9.96. The van der Waals surface area contributed by atoms with Gasteiger partial charge in [-0.15, -0.1) is 0 Å². The summed E-state index contributed by atoms with van der Waals surface area (Å²) in [6.45, 7) is 0. The number of hydrogen-bond donors (Lipinski definition) is 1. The van der Waals surface area contributed by atoms with Crippen molar-refractivity contribution in [2.24, 2.45) is 0 Å². The summed E-state index contributed by atoms with van der Waals surface area (Å²) in [5.74, 6) is 0.0281. The zero-order valence-corrected chi connectivity index (χ0v) is 9.96. The Morgan fingerprint density at radius 1 is 1.44 bits per heavy atom. The Labute approximate surface area is 96.7 Å². The van der Waals surface area contributed by atoms with Crippen LogP contribution in [0.15, 0.2) is 0 Å². The van der Waals surface area contributed by atoms with Crippen LogP contribution in [-0.4, -0.2) is 25.0 Å². The number of rotatable bonds is 5. The molecule has 92 valence electrons. The van der Waals surface area contributed by atoms with E-state index in [1.165, 1.54) is 7.11 Å². The fraction of sp³-hybridized carbons (Fsp3) is 0.833. The highest BCUT2D eigenvalue weighted by molar-refractivity contribution is 5.76. The molecule has 0 aliphatic carbocycles. The van der Waals surface area contributed by atoms with Gasteiger partial charge in [0.05, 0.1) is 7.11 Å². The van der Waals surface area contributed by atoms with Gasteiger partial charge in [0.25, 0.3) is 0 Å². The Morgan fingerprint density at radius 3 is 3.00 bits per heavy atom. The first kappa shape index (κ1) is 13.0. The molecular formula is C12H21NO3. The highest BCUT2D eigenvalue weighted by atomic mass is 16.5. The number of esters is 1. The van der Waals surface area contributed by atoms with Crippen molar-refractivity contribution in [2.45, 2.75) is 57.4 Å². The van der Waals surface area contributed by atoms with E-state index in [1.54, 1.807) is 0 Å². The van der Waals surface area contributed by atoms with Crippen molar-refractivity contribution < 1.29 is 14.3 Å². The molecule has 1 saturated heterocycles. The molecule has 4 heteroatoms. The maximum atomic E-state index is 11.3. The molecule has 1 heterocycles. The minimum atomic E-state index is -0.148. The molecule has 0 radical (unpaired) electrons. The van der Waals surface area contributed by atoms with Crippen LogP contribution in [0.4, 0.5) is 0 Å². The van der Waals surface area contributed by atoms with Crippen LogP contribution in [-0.2, 0) is 14.3 Å². The molecule has 0 aromatic rings. The van der Waals surface area contributed by atoms with E-state index in [4.69, 9.17) is 0 Å². The standard InChI is InChI=1S/C12H21NO3/c1-16-12(15)9-5-3-7-10-6-2-4-8-11(14)13-10/h10H,2-9H2,1H3,(H,13,14). The topological polar surface area (TPSA) is 55.4 Å². The lowest BCUT2D eigenvalue weighted by Gasteiger charge is -2.15. The third kappa shape index (κ3) is 5.14. The Morgan fingerprint density at radius 2 is 2.25 bits per heavy atom. The van der Waals surface area contributed by atoms with E-state index in [-0.39, 0.29) is 11.9 Å². The molecule has 1 unspecified atom stereocenters. The van der Waals surface area contributed by atoms with Gasteiger partial charge in [0.2, 0.25) is 5.91 Å². The first-order valence-corrected chi connectivity index (χ1v) is 6.08. The van der Waals surface area contributed by atoms with E-state index in [2.05, 4.69) is 10.1 Å². The van der Waals surface area contributed by atoms with Crippen LogP contribution < -0.4 is 5.32 Å². The summed E-state index contributed by atoms with van der Waals surface area (Å²) in [5, 5.41) is 3.03. The molecule has 0 bridgehead atoms. The number of carbonyl (C=O) groups is 2. The van der Waals surface area contributed by atoms with E-state index in [9.17, 15) is 9.59 Å². The predicted molar refractivity (Wildman–Crippen MR) is 60.9 cm³/mol. The van der Waals surface area contributed by atoms with Gasteiger partial charge in [0, 0.05) is 18.9 Å². The molecule has 0 spiro atoms. The predicted octanol–water partition coefficient (Wildman–Crippen LogP) is 1.78. The van der Waals surface area contributed by atoms with Crippen molar-refractivity contribution in [3.63, 3.8) is 0 Å². The van der Waals surface area contributed by atoms with E-state index in [1.807, 2.05) is 0 Å². The molecule has 1 fully saturated rings. The summed E-state index contributed by atoms with van der Waals surface area (Å²) in [7, 11) is 1.41. The fourth-order valence-corrected chi connectivity index (χ4v) is 2.03. The van der Waals surface area contributed by atoms with Crippen molar-refractivity contribution in [2.75, 3.05) is 7.11 Å². The number of hydrogen-bond acceptors (Lipinski definition) is 3. The summed E-state index contributed by atoms with van der Waals surface area (Å²) in [5.41, 5.74) is 0. The Bertz CT molecular complexity index is 240. The molecule has 1 rings (SSSR count). The normalized spacial score (nSPS) is 21.1. The van der Waals surface area contributed by atoms with Crippen molar-refractivity contribution >= 4 is 11.9 Å². The molecule has 1 amide bonds. The fourth-order valence-electron chi connectivity index (χ4n) is 2.03. The highest BCUT2D eigenvalue weighted by Gasteiger charge is 2.15. The minimum Gasteiger partial charge on any atom is -0.469 e. The van der Waals surface area contributed by atoms with Gasteiger partial charge in [-0.2, -0.15) is 0 Å². The average molecular weight is 227 g/mol. The lowest BCUT2D eigenvalue weighted by Crippen LogP contribution is -2.32. The molecule has 1 aliphatic heterocycles. The van der Waals surface area contributed by atoms with E-state index in [0.29, 0.717) is 18.9 Å². The van der Waals surface area contributed by atoms with E-state index in [0.717, 1.165) is 38.5 Å². The number of methoxy groups -OCH3 is 1. The van der Waals surface area contributed by atoms with Crippen molar-refractivity contribution in [3.8, 4) is 0 Å². The van der Waals surface area contributed by atoms with Gasteiger partial charge >= 0.3 is 5.97 Å². The second-order valence-electron chi connectivity index (χ2n) is 4.33. The van der Waals surface area contributed by atoms with Gasteiger partial charge in [-0.25, -0.2) is 0 Å². The van der Waals surface area contributed by atoms with Gasteiger partial charge in [0.15, 0.2) is 0 Å². The largest absolute Gasteiger partial charge is 0.469 e. The van der Waals surface area contributed by atoms with Crippen LogP contribution in [0.25, 0.3) is 0 Å². The Kier molecular flexibility index (Phi) is 5.90. The second-order valence-corrected chi connectivity index (χ2v) is 4.33. The number of amides is 1. The summed E-state index contributed by atoms with van der Waals surface area (Å²) in [6.07, 6.45) is 7.15. The second kappa shape index (κ2) is 7.25. The van der Waals surface area contributed by atoms with Crippen molar-refractivity contribution in [3.05, 3.63) is 0 Å². The summed E-state index contributed by atoms with van der Waals surface area (Å²) in [4.78, 5) is 22.2. The van der Waals surface area contributed by atoms with Crippen LogP contribution in [0, 0.1) is 0 Å².